The first-order valence-electron chi connectivity index (χ1n) is 8.46. The second-order valence-corrected chi connectivity index (χ2v) is 7.12. The van der Waals surface area contributed by atoms with Gasteiger partial charge in [-0.2, -0.15) is 0 Å². The predicted octanol–water partition coefficient (Wildman–Crippen LogP) is 5.40. The van der Waals surface area contributed by atoms with Gasteiger partial charge in [0.05, 0.1) is 23.6 Å². The van der Waals surface area contributed by atoms with Crippen LogP contribution in [-0.2, 0) is 9.53 Å². The molecule has 6 heteroatoms. The fourth-order valence-electron chi connectivity index (χ4n) is 2.69. The molecular formula is C21H18ClNO3S. The maximum absolute atomic E-state index is 12.4. The first-order valence-corrected chi connectivity index (χ1v) is 9.82. The third-order valence-corrected chi connectivity index (χ3v) is 5.24. The van der Waals surface area contributed by atoms with Gasteiger partial charge in [0.25, 0.3) is 0 Å². The van der Waals surface area contributed by atoms with Crippen LogP contribution >= 0.6 is 23.4 Å². The molecule has 0 aliphatic heterocycles. The van der Waals surface area contributed by atoms with Crippen LogP contribution in [0.4, 0.5) is 5.69 Å². The Kier molecular flexibility index (Phi) is 6.37. The van der Waals surface area contributed by atoms with Crippen molar-refractivity contribution in [2.75, 3.05) is 17.7 Å². The molecule has 0 aliphatic rings. The molecule has 0 atom stereocenters. The molecule has 3 rings (SSSR count). The highest BCUT2D eigenvalue weighted by atomic mass is 35.5. The molecule has 1 amide bonds. The van der Waals surface area contributed by atoms with Gasteiger partial charge in [-0.1, -0.05) is 48.0 Å². The number of anilines is 1. The van der Waals surface area contributed by atoms with E-state index in [1.807, 2.05) is 36.4 Å². The Labute approximate surface area is 166 Å². The van der Waals surface area contributed by atoms with E-state index < -0.39 is 5.97 Å². The standard InChI is InChI=1S/C21H18ClNO3S/c1-2-26-21(25)15-9-3-4-11-17(15)23-19(24)13-27-18-12-6-8-14-7-5-10-16(22)20(14)18/h3-12H,2,13H2,1H3,(H,23,24). The molecule has 3 aromatic carbocycles. The Morgan fingerprint density at radius 1 is 1.04 bits per heavy atom. The van der Waals surface area contributed by atoms with Gasteiger partial charge in [-0.25, -0.2) is 4.79 Å². The minimum atomic E-state index is -0.457. The predicted molar refractivity (Wildman–Crippen MR) is 111 cm³/mol. The van der Waals surface area contributed by atoms with Gasteiger partial charge in [-0.15, -0.1) is 11.8 Å². The number of halogens is 1. The Bertz CT molecular complexity index is 985. The zero-order valence-electron chi connectivity index (χ0n) is 14.7. The van der Waals surface area contributed by atoms with E-state index in [0.29, 0.717) is 16.3 Å². The number of hydrogen-bond acceptors (Lipinski definition) is 4. The Hall–Kier alpha value is -2.50. The molecular weight excluding hydrogens is 382 g/mol. The molecule has 27 heavy (non-hydrogen) atoms. The molecule has 1 N–H and O–H groups in total. The quantitative estimate of drug-likeness (QED) is 0.445. The molecule has 0 bridgehead atoms. The molecule has 0 saturated carbocycles. The molecule has 0 unspecified atom stereocenters. The van der Waals surface area contributed by atoms with E-state index >= 15 is 0 Å². The zero-order valence-corrected chi connectivity index (χ0v) is 16.3. The van der Waals surface area contributed by atoms with Crippen molar-refractivity contribution >= 4 is 51.7 Å². The number of carbonyl (C=O) groups excluding carboxylic acids is 2. The van der Waals surface area contributed by atoms with Crippen molar-refractivity contribution < 1.29 is 14.3 Å². The molecule has 0 radical (unpaired) electrons. The lowest BCUT2D eigenvalue weighted by molar-refractivity contribution is -0.113. The third kappa shape index (κ3) is 4.62. The highest BCUT2D eigenvalue weighted by Gasteiger charge is 2.14. The van der Waals surface area contributed by atoms with Crippen molar-refractivity contribution in [2.24, 2.45) is 0 Å². The van der Waals surface area contributed by atoms with Gasteiger partial charge in [0.1, 0.15) is 0 Å². The van der Waals surface area contributed by atoms with Crippen LogP contribution < -0.4 is 5.32 Å². The summed E-state index contributed by atoms with van der Waals surface area (Å²) in [7, 11) is 0. The monoisotopic (exact) mass is 399 g/mol. The molecule has 0 spiro atoms. The van der Waals surface area contributed by atoms with Gasteiger partial charge >= 0.3 is 5.97 Å². The number of thioether (sulfide) groups is 1. The number of rotatable bonds is 6. The van der Waals surface area contributed by atoms with Gasteiger partial charge in [0.2, 0.25) is 5.91 Å². The lowest BCUT2D eigenvalue weighted by Crippen LogP contribution is -2.17. The number of amides is 1. The van der Waals surface area contributed by atoms with Gasteiger partial charge in [-0.3, -0.25) is 4.79 Å². The van der Waals surface area contributed by atoms with E-state index in [1.54, 1.807) is 31.2 Å². The van der Waals surface area contributed by atoms with Crippen LogP contribution in [0.3, 0.4) is 0 Å². The van der Waals surface area contributed by atoms with E-state index in [9.17, 15) is 9.59 Å². The summed E-state index contributed by atoms with van der Waals surface area (Å²) in [6.07, 6.45) is 0. The van der Waals surface area contributed by atoms with Crippen molar-refractivity contribution in [3.05, 3.63) is 71.2 Å². The second kappa shape index (κ2) is 8.93. The third-order valence-electron chi connectivity index (χ3n) is 3.87. The lowest BCUT2D eigenvalue weighted by Gasteiger charge is -2.11. The SMILES string of the molecule is CCOC(=O)c1ccccc1NC(=O)CSc1cccc2cccc(Cl)c12. The van der Waals surface area contributed by atoms with Crippen molar-refractivity contribution in [2.45, 2.75) is 11.8 Å². The molecule has 0 heterocycles. The minimum absolute atomic E-state index is 0.196. The topological polar surface area (TPSA) is 55.4 Å². The molecule has 138 valence electrons. The molecule has 0 aromatic heterocycles. The summed E-state index contributed by atoms with van der Waals surface area (Å²) in [5, 5.41) is 5.41. The highest BCUT2D eigenvalue weighted by molar-refractivity contribution is 8.00. The van der Waals surface area contributed by atoms with Gasteiger partial charge < -0.3 is 10.1 Å². The Morgan fingerprint density at radius 2 is 1.78 bits per heavy atom. The van der Waals surface area contributed by atoms with Crippen LogP contribution in [0.2, 0.25) is 5.02 Å². The average molecular weight is 400 g/mol. The number of hydrogen-bond donors (Lipinski definition) is 1. The summed E-state index contributed by atoms with van der Waals surface area (Å²) >= 11 is 7.73. The van der Waals surface area contributed by atoms with Crippen LogP contribution in [0.25, 0.3) is 10.8 Å². The number of benzene rings is 3. The lowest BCUT2D eigenvalue weighted by atomic mass is 10.1. The number of carbonyl (C=O) groups is 2. The minimum Gasteiger partial charge on any atom is -0.462 e. The number of nitrogens with one attached hydrogen (secondary N) is 1. The van der Waals surface area contributed by atoms with Crippen LogP contribution in [0.5, 0.6) is 0 Å². The van der Waals surface area contributed by atoms with Crippen molar-refractivity contribution in [1.82, 2.24) is 0 Å². The first kappa shape index (κ1) is 19.3. The maximum Gasteiger partial charge on any atom is 0.340 e. The summed E-state index contributed by atoms with van der Waals surface area (Å²) in [5.74, 6) is -0.468. The number of fused-ring (bicyclic) bond motifs is 1. The molecule has 0 fully saturated rings. The van der Waals surface area contributed by atoms with Crippen LogP contribution in [0.15, 0.2) is 65.6 Å². The van der Waals surface area contributed by atoms with Crippen LogP contribution in [0.1, 0.15) is 17.3 Å². The average Bonchev–Trinajstić information content (AvgIpc) is 2.67. The summed E-state index contributed by atoms with van der Waals surface area (Å²) in [4.78, 5) is 25.4. The maximum atomic E-state index is 12.4. The van der Waals surface area contributed by atoms with Gasteiger partial charge in [0, 0.05) is 15.3 Å². The van der Waals surface area contributed by atoms with Gasteiger partial charge in [-0.05, 0) is 36.6 Å². The Morgan fingerprint density at radius 3 is 2.56 bits per heavy atom. The van der Waals surface area contributed by atoms with Crippen molar-refractivity contribution in [3.8, 4) is 0 Å². The molecule has 3 aromatic rings. The zero-order chi connectivity index (χ0) is 19.2. The summed E-state index contributed by atoms with van der Waals surface area (Å²) in [6.45, 7) is 2.02. The van der Waals surface area contributed by atoms with Crippen LogP contribution in [-0.4, -0.2) is 24.2 Å². The second-order valence-electron chi connectivity index (χ2n) is 5.70. The summed E-state index contributed by atoms with van der Waals surface area (Å²) in [6, 6.07) is 18.4. The Balaban J connectivity index is 1.72. The summed E-state index contributed by atoms with van der Waals surface area (Å²) in [5.41, 5.74) is 0.781. The first-order chi connectivity index (χ1) is 13.1. The fourth-order valence-corrected chi connectivity index (χ4v) is 3.94. The fraction of sp³-hybridized carbons (Fsp3) is 0.143. The van der Waals surface area contributed by atoms with Crippen LogP contribution in [0, 0.1) is 0 Å². The van der Waals surface area contributed by atoms with E-state index in [-0.39, 0.29) is 18.3 Å². The normalized spacial score (nSPS) is 10.6. The highest BCUT2D eigenvalue weighted by Crippen LogP contribution is 2.33. The number of para-hydroxylation sites is 1. The number of ether oxygens (including phenoxy) is 1. The van der Waals surface area contributed by atoms with E-state index in [4.69, 9.17) is 16.3 Å². The molecule has 0 saturated heterocycles. The molecule has 0 aliphatic carbocycles. The van der Waals surface area contributed by atoms with E-state index in [1.165, 1.54) is 11.8 Å². The van der Waals surface area contributed by atoms with Gasteiger partial charge in [0.15, 0.2) is 0 Å². The van der Waals surface area contributed by atoms with E-state index in [2.05, 4.69) is 5.32 Å². The summed E-state index contributed by atoms with van der Waals surface area (Å²) < 4.78 is 5.03. The van der Waals surface area contributed by atoms with Crippen molar-refractivity contribution in [1.29, 1.82) is 0 Å². The smallest absolute Gasteiger partial charge is 0.340 e. The van der Waals surface area contributed by atoms with E-state index in [0.717, 1.165) is 15.7 Å². The largest absolute Gasteiger partial charge is 0.462 e. The number of esters is 1. The molecule has 4 nitrogen and oxygen atoms in total. The van der Waals surface area contributed by atoms with Crippen molar-refractivity contribution in [3.63, 3.8) is 0 Å².